The van der Waals surface area contributed by atoms with Crippen molar-refractivity contribution in [2.75, 3.05) is 0 Å². The lowest BCUT2D eigenvalue weighted by Gasteiger charge is -1.98. The maximum absolute atomic E-state index is 5.81. The minimum absolute atomic E-state index is 0.415. The van der Waals surface area contributed by atoms with Gasteiger partial charge in [0.2, 0.25) is 0 Å². The average molecular weight is 303 g/mol. The lowest BCUT2D eigenvalue weighted by atomic mass is 10.2. The summed E-state index contributed by atoms with van der Waals surface area (Å²) in [5.41, 5.74) is 2.01. The van der Waals surface area contributed by atoms with E-state index in [1.807, 2.05) is 48.5 Å². The number of nitrogens with zero attached hydrogens (tertiary/aromatic N) is 2. The van der Waals surface area contributed by atoms with Gasteiger partial charge in [0.05, 0.1) is 10.2 Å². The number of fused-ring (bicyclic) bond motifs is 1. The van der Waals surface area contributed by atoms with Crippen LogP contribution in [-0.2, 0) is 11.4 Å². The molecular formula is C15H11ClN2OS. The molecule has 3 nitrogen and oxygen atoms in total. The van der Waals surface area contributed by atoms with Gasteiger partial charge in [-0.15, -0.1) is 11.3 Å². The van der Waals surface area contributed by atoms with E-state index >= 15 is 0 Å². The Labute approximate surface area is 125 Å². The number of oxime groups is 1. The third-order valence-electron chi connectivity index (χ3n) is 2.69. The highest BCUT2D eigenvalue weighted by atomic mass is 35.5. The van der Waals surface area contributed by atoms with E-state index in [1.165, 1.54) is 0 Å². The summed E-state index contributed by atoms with van der Waals surface area (Å²) in [6, 6.07) is 15.5. The van der Waals surface area contributed by atoms with Crippen LogP contribution in [0.4, 0.5) is 0 Å². The molecule has 5 heteroatoms. The van der Waals surface area contributed by atoms with E-state index in [0.29, 0.717) is 11.6 Å². The zero-order valence-electron chi connectivity index (χ0n) is 10.5. The molecule has 3 rings (SSSR count). The first kappa shape index (κ1) is 13.1. The second kappa shape index (κ2) is 6.03. The Morgan fingerprint density at radius 1 is 1.15 bits per heavy atom. The molecule has 1 heterocycles. The van der Waals surface area contributed by atoms with Gasteiger partial charge in [0.1, 0.15) is 17.8 Å². The SMILES string of the molecule is Clc1ccc(CON=Cc2nc3ccccc3s2)cc1. The van der Waals surface area contributed by atoms with E-state index in [0.717, 1.165) is 20.8 Å². The van der Waals surface area contributed by atoms with Gasteiger partial charge in [-0.2, -0.15) is 0 Å². The normalized spacial score (nSPS) is 11.2. The minimum atomic E-state index is 0.415. The number of hydrogen-bond donors (Lipinski definition) is 0. The number of benzene rings is 2. The van der Waals surface area contributed by atoms with Crippen LogP contribution in [0.25, 0.3) is 10.2 Å². The minimum Gasteiger partial charge on any atom is -0.391 e. The van der Waals surface area contributed by atoms with E-state index in [9.17, 15) is 0 Å². The first-order valence-electron chi connectivity index (χ1n) is 6.06. The van der Waals surface area contributed by atoms with Crippen LogP contribution >= 0.6 is 22.9 Å². The third-order valence-corrected chi connectivity index (χ3v) is 3.92. The molecule has 0 amide bonds. The van der Waals surface area contributed by atoms with Gasteiger partial charge in [0.15, 0.2) is 0 Å². The fourth-order valence-electron chi connectivity index (χ4n) is 1.72. The van der Waals surface area contributed by atoms with Crippen LogP contribution in [0.15, 0.2) is 53.7 Å². The summed E-state index contributed by atoms with van der Waals surface area (Å²) < 4.78 is 1.15. The Hall–Kier alpha value is -1.91. The van der Waals surface area contributed by atoms with Crippen molar-refractivity contribution >= 4 is 39.4 Å². The second-order valence-corrected chi connectivity index (χ2v) is 5.65. The topological polar surface area (TPSA) is 34.5 Å². The average Bonchev–Trinajstić information content (AvgIpc) is 2.88. The maximum atomic E-state index is 5.81. The Morgan fingerprint density at radius 3 is 2.75 bits per heavy atom. The highest BCUT2D eigenvalue weighted by Crippen LogP contribution is 2.20. The summed E-state index contributed by atoms with van der Waals surface area (Å²) in [6.07, 6.45) is 1.64. The lowest BCUT2D eigenvalue weighted by Crippen LogP contribution is -1.87. The maximum Gasteiger partial charge on any atom is 0.142 e. The van der Waals surface area contributed by atoms with Crippen molar-refractivity contribution in [1.82, 2.24) is 4.98 Å². The molecule has 3 aromatic rings. The Morgan fingerprint density at radius 2 is 1.95 bits per heavy atom. The van der Waals surface area contributed by atoms with E-state index in [1.54, 1.807) is 17.6 Å². The summed E-state index contributed by atoms with van der Waals surface area (Å²) in [6.45, 7) is 0.415. The molecule has 20 heavy (non-hydrogen) atoms. The molecule has 0 bridgehead atoms. The van der Waals surface area contributed by atoms with Gasteiger partial charge < -0.3 is 4.84 Å². The van der Waals surface area contributed by atoms with Crippen molar-refractivity contribution in [1.29, 1.82) is 0 Å². The van der Waals surface area contributed by atoms with E-state index < -0.39 is 0 Å². The van der Waals surface area contributed by atoms with Crippen molar-refractivity contribution in [2.24, 2.45) is 5.16 Å². The predicted octanol–water partition coefficient (Wildman–Crippen LogP) is 4.50. The zero-order valence-corrected chi connectivity index (χ0v) is 12.1. The van der Waals surface area contributed by atoms with Crippen LogP contribution in [0.1, 0.15) is 10.6 Å². The van der Waals surface area contributed by atoms with Crippen LogP contribution < -0.4 is 0 Å². The summed E-state index contributed by atoms with van der Waals surface area (Å²) in [7, 11) is 0. The molecular weight excluding hydrogens is 292 g/mol. The summed E-state index contributed by atoms with van der Waals surface area (Å²) >= 11 is 7.40. The summed E-state index contributed by atoms with van der Waals surface area (Å²) in [5, 5.41) is 5.49. The van der Waals surface area contributed by atoms with Gasteiger partial charge in [-0.25, -0.2) is 4.98 Å². The number of halogens is 1. The number of hydrogen-bond acceptors (Lipinski definition) is 4. The second-order valence-electron chi connectivity index (χ2n) is 4.15. The van der Waals surface area contributed by atoms with Gasteiger partial charge in [0, 0.05) is 5.02 Å². The Kier molecular flexibility index (Phi) is 3.95. The molecule has 0 radical (unpaired) electrons. The van der Waals surface area contributed by atoms with Crippen LogP contribution in [-0.4, -0.2) is 11.2 Å². The molecule has 0 saturated heterocycles. The molecule has 0 saturated carbocycles. The van der Waals surface area contributed by atoms with E-state index in [2.05, 4.69) is 10.1 Å². The van der Waals surface area contributed by atoms with Gasteiger partial charge in [-0.3, -0.25) is 0 Å². The highest BCUT2D eigenvalue weighted by molar-refractivity contribution is 7.20. The fraction of sp³-hybridized carbons (Fsp3) is 0.0667. The van der Waals surface area contributed by atoms with Crippen LogP contribution in [0.3, 0.4) is 0 Å². The predicted molar refractivity (Wildman–Crippen MR) is 83.5 cm³/mol. The van der Waals surface area contributed by atoms with Gasteiger partial charge >= 0.3 is 0 Å². The molecule has 0 spiro atoms. The highest BCUT2D eigenvalue weighted by Gasteiger charge is 2.00. The van der Waals surface area contributed by atoms with Gasteiger partial charge in [-0.1, -0.05) is 41.0 Å². The fourth-order valence-corrected chi connectivity index (χ4v) is 2.68. The molecule has 0 aliphatic rings. The summed E-state index contributed by atoms with van der Waals surface area (Å²) in [5.74, 6) is 0. The molecule has 100 valence electrons. The third kappa shape index (κ3) is 3.15. The molecule has 0 N–H and O–H groups in total. The van der Waals surface area contributed by atoms with E-state index in [4.69, 9.17) is 16.4 Å². The molecule has 0 atom stereocenters. The largest absolute Gasteiger partial charge is 0.391 e. The number of para-hydroxylation sites is 1. The van der Waals surface area contributed by atoms with Gasteiger partial charge in [-0.05, 0) is 29.8 Å². The molecule has 0 aliphatic heterocycles. The van der Waals surface area contributed by atoms with E-state index in [-0.39, 0.29) is 0 Å². The van der Waals surface area contributed by atoms with Gasteiger partial charge in [0.25, 0.3) is 0 Å². The molecule has 0 unspecified atom stereocenters. The quantitative estimate of drug-likeness (QED) is 0.525. The smallest absolute Gasteiger partial charge is 0.142 e. The van der Waals surface area contributed by atoms with Crippen LogP contribution in [0.5, 0.6) is 0 Å². The molecule has 1 aromatic heterocycles. The van der Waals surface area contributed by atoms with Crippen molar-refractivity contribution in [3.05, 3.63) is 64.1 Å². The van der Waals surface area contributed by atoms with Crippen molar-refractivity contribution in [3.8, 4) is 0 Å². The monoisotopic (exact) mass is 302 g/mol. The molecule has 0 aliphatic carbocycles. The van der Waals surface area contributed by atoms with Crippen molar-refractivity contribution < 1.29 is 4.84 Å². The molecule has 2 aromatic carbocycles. The van der Waals surface area contributed by atoms with Crippen LogP contribution in [0.2, 0.25) is 5.02 Å². The van der Waals surface area contributed by atoms with Crippen molar-refractivity contribution in [2.45, 2.75) is 6.61 Å². The summed E-state index contributed by atoms with van der Waals surface area (Å²) in [4.78, 5) is 9.69. The standard InChI is InChI=1S/C15H11ClN2OS/c16-12-7-5-11(6-8-12)10-19-17-9-15-18-13-3-1-2-4-14(13)20-15/h1-9H,10H2. The first-order valence-corrected chi connectivity index (χ1v) is 7.26. The number of aromatic nitrogens is 1. The zero-order chi connectivity index (χ0) is 13.8. The van der Waals surface area contributed by atoms with Crippen molar-refractivity contribution in [3.63, 3.8) is 0 Å². The number of rotatable bonds is 4. The Balaban J connectivity index is 1.61. The van der Waals surface area contributed by atoms with Crippen LogP contribution in [0, 0.1) is 0 Å². The Bertz CT molecular complexity index is 704. The lowest BCUT2D eigenvalue weighted by molar-refractivity contribution is 0.132. The number of thiazole rings is 1. The molecule has 0 fully saturated rings. The first-order chi connectivity index (χ1) is 9.81.